The predicted molar refractivity (Wildman–Crippen MR) is 70.7 cm³/mol. The van der Waals surface area contributed by atoms with Gasteiger partial charge in [-0.05, 0) is 29.9 Å². The van der Waals surface area contributed by atoms with Gasteiger partial charge in [0, 0.05) is 24.0 Å². The molecule has 0 aliphatic carbocycles. The molecule has 0 aliphatic rings. The fraction of sp³-hybridized carbons (Fsp3) is 0.0833. The van der Waals surface area contributed by atoms with E-state index in [0.29, 0.717) is 10.7 Å². The van der Waals surface area contributed by atoms with E-state index in [1.807, 2.05) is 53.4 Å². The maximum atomic E-state index is 5.58. The fourth-order valence-corrected chi connectivity index (χ4v) is 1.77. The summed E-state index contributed by atoms with van der Waals surface area (Å²) in [5.74, 6) is 0.532. The highest BCUT2D eigenvalue weighted by molar-refractivity contribution is 7.71. The molecule has 0 spiro atoms. The van der Waals surface area contributed by atoms with Gasteiger partial charge in [-0.1, -0.05) is 24.3 Å². The van der Waals surface area contributed by atoms with Crippen molar-refractivity contribution >= 4 is 29.9 Å². The van der Waals surface area contributed by atoms with Crippen LogP contribution in [0.3, 0.4) is 0 Å². The first-order chi connectivity index (χ1) is 7.81. The molecule has 2 rings (SSSR count). The van der Waals surface area contributed by atoms with Crippen molar-refractivity contribution in [2.75, 3.05) is 5.88 Å². The van der Waals surface area contributed by atoms with Crippen molar-refractivity contribution in [2.45, 2.75) is 0 Å². The molecule has 2 aromatic rings. The summed E-state index contributed by atoms with van der Waals surface area (Å²) in [6, 6.07) is 8.12. The molecule has 0 atom stereocenters. The Hall–Kier alpha value is -1.32. The standard InChI is InChI=1S/C12H11ClN2S/c13-7-1-2-10-3-5-11(6-4-10)15-9-8-14-12(15)16/h1-6,8-9H,7H2,(H,14,16). The molecule has 2 nitrogen and oxygen atoms in total. The second kappa shape index (κ2) is 5.14. The monoisotopic (exact) mass is 250 g/mol. The Morgan fingerprint density at radius 3 is 2.62 bits per heavy atom. The van der Waals surface area contributed by atoms with E-state index < -0.39 is 0 Å². The van der Waals surface area contributed by atoms with Crippen molar-refractivity contribution in [1.82, 2.24) is 9.55 Å². The summed E-state index contributed by atoms with van der Waals surface area (Å²) < 4.78 is 2.62. The van der Waals surface area contributed by atoms with Gasteiger partial charge in [0.25, 0.3) is 0 Å². The minimum atomic E-state index is 0.532. The first-order valence-corrected chi connectivity index (χ1v) is 5.84. The number of nitrogens with zero attached hydrogens (tertiary/aromatic N) is 1. The lowest BCUT2D eigenvalue weighted by molar-refractivity contribution is 1.03. The smallest absolute Gasteiger partial charge is 0.181 e. The van der Waals surface area contributed by atoms with Crippen LogP contribution < -0.4 is 0 Å². The molecule has 0 fully saturated rings. The number of H-pyrrole nitrogens is 1. The third-order valence-corrected chi connectivity index (χ3v) is 2.71. The molecule has 0 unspecified atom stereocenters. The van der Waals surface area contributed by atoms with Gasteiger partial charge in [-0.3, -0.25) is 4.57 Å². The second-order valence-corrected chi connectivity index (χ2v) is 3.98. The van der Waals surface area contributed by atoms with Crippen molar-refractivity contribution < 1.29 is 0 Å². The summed E-state index contributed by atoms with van der Waals surface area (Å²) in [4.78, 5) is 2.96. The average molecular weight is 251 g/mol. The SMILES string of the molecule is S=c1[nH]ccn1-c1ccc(C=CCCl)cc1. The minimum Gasteiger partial charge on any atom is -0.337 e. The highest BCUT2D eigenvalue weighted by Crippen LogP contribution is 2.11. The zero-order valence-corrected chi connectivity index (χ0v) is 10.1. The summed E-state index contributed by atoms with van der Waals surface area (Å²) in [5, 5.41) is 0. The van der Waals surface area contributed by atoms with Crippen molar-refractivity contribution in [3.05, 3.63) is 53.1 Å². The van der Waals surface area contributed by atoms with E-state index in [0.717, 1.165) is 11.3 Å². The van der Waals surface area contributed by atoms with Gasteiger partial charge in [0.15, 0.2) is 4.77 Å². The van der Waals surface area contributed by atoms with Gasteiger partial charge in [0.05, 0.1) is 0 Å². The second-order valence-electron chi connectivity index (χ2n) is 3.28. The van der Waals surface area contributed by atoms with Crippen LogP contribution in [0.1, 0.15) is 5.56 Å². The maximum absolute atomic E-state index is 5.58. The molecule has 1 heterocycles. The number of nitrogens with one attached hydrogen (secondary N) is 1. The van der Waals surface area contributed by atoms with E-state index in [1.54, 1.807) is 0 Å². The molecule has 0 radical (unpaired) electrons. The van der Waals surface area contributed by atoms with Gasteiger partial charge in [-0.25, -0.2) is 0 Å². The van der Waals surface area contributed by atoms with Gasteiger partial charge < -0.3 is 4.98 Å². The number of benzene rings is 1. The molecule has 0 saturated heterocycles. The lowest BCUT2D eigenvalue weighted by Crippen LogP contribution is -1.91. The van der Waals surface area contributed by atoms with E-state index in [4.69, 9.17) is 23.8 Å². The molecule has 0 aliphatic heterocycles. The van der Waals surface area contributed by atoms with Crippen molar-refractivity contribution in [2.24, 2.45) is 0 Å². The Bertz CT molecular complexity index is 537. The average Bonchev–Trinajstić information content (AvgIpc) is 2.74. The van der Waals surface area contributed by atoms with Crippen molar-refractivity contribution in [1.29, 1.82) is 0 Å². The summed E-state index contributed by atoms with van der Waals surface area (Å²) >= 11 is 10.7. The molecule has 16 heavy (non-hydrogen) atoms. The zero-order chi connectivity index (χ0) is 11.4. The molecule has 0 bridgehead atoms. The molecule has 4 heteroatoms. The highest BCUT2D eigenvalue weighted by atomic mass is 35.5. The van der Waals surface area contributed by atoms with E-state index >= 15 is 0 Å². The Morgan fingerprint density at radius 2 is 2.06 bits per heavy atom. The van der Waals surface area contributed by atoms with Crippen LogP contribution in [-0.4, -0.2) is 15.4 Å². The van der Waals surface area contributed by atoms with Crippen LogP contribution in [0.5, 0.6) is 0 Å². The molecule has 82 valence electrons. The number of alkyl halides is 1. The van der Waals surface area contributed by atoms with Crippen molar-refractivity contribution in [3.8, 4) is 5.69 Å². The van der Waals surface area contributed by atoms with E-state index in [-0.39, 0.29) is 0 Å². The van der Waals surface area contributed by atoms with Gasteiger partial charge in [-0.2, -0.15) is 0 Å². The normalized spacial score (nSPS) is 11.1. The van der Waals surface area contributed by atoms with Crippen LogP contribution >= 0.6 is 23.8 Å². The molecule has 1 N–H and O–H groups in total. The van der Waals surface area contributed by atoms with Crippen LogP contribution in [0.4, 0.5) is 0 Å². The number of imidazole rings is 1. The van der Waals surface area contributed by atoms with Crippen molar-refractivity contribution in [3.63, 3.8) is 0 Å². The largest absolute Gasteiger partial charge is 0.337 e. The first-order valence-electron chi connectivity index (χ1n) is 4.90. The van der Waals surface area contributed by atoms with Crippen LogP contribution in [0.15, 0.2) is 42.7 Å². The molecule has 0 saturated carbocycles. The predicted octanol–water partition coefficient (Wildman–Crippen LogP) is 3.79. The van der Waals surface area contributed by atoms with Gasteiger partial charge in [-0.15, -0.1) is 11.6 Å². The number of allylic oxidation sites excluding steroid dienone is 1. The summed E-state index contributed by atoms with van der Waals surface area (Å²) in [5.41, 5.74) is 2.18. The Balaban J connectivity index is 2.30. The Kier molecular flexibility index (Phi) is 3.59. The third kappa shape index (κ3) is 2.43. The number of hydrogen-bond acceptors (Lipinski definition) is 1. The van der Waals surface area contributed by atoms with Gasteiger partial charge in [0.2, 0.25) is 0 Å². The molecule has 1 aromatic carbocycles. The third-order valence-electron chi connectivity index (χ3n) is 2.22. The molecular formula is C12H11ClN2S. The van der Waals surface area contributed by atoms with E-state index in [2.05, 4.69) is 4.98 Å². The lowest BCUT2D eigenvalue weighted by atomic mass is 10.2. The maximum Gasteiger partial charge on any atom is 0.181 e. The Morgan fingerprint density at radius 1 is 1.31 bits per heavy atom. The number of halogens is 1. The zero-order valence-electron chi connectivity index (χ0n) is 8.56. The first kappa shape index (κ1) is 11.2. The topological polar surface area (TPSA) is 20.7 Å². The number of hydrogen-bond donors (Lipinski definition) is 1. The van der Waals surface area contributed by atoms with Crippen LogP contribution in [0, 0.1) is 4.77 Å². The number of aromatic nitrogens is 2. The van der Waals surface area contributed by atoms with E-state index in [1.165, 1.54) is 0 Å². The quantitative estimate of drug-likeness (QED) is 0.649. The number of aromatic amines is 1. The fourth-order valence-electron chi connectivity index (χ4n) is 1.45. The van der Waals surface area contributed by atoms with E-state index in [9.17, 15) is 0 Å². The molecular weight excluding hydrogens is 240 g/mol. The van der Waals surface area contributed by atoms with Crippen LogP contribution in [0.25, 0.3) is 11.8 Å². The lowest BCUT2D eigenvalue weighted by Gasteiger charge is -2.02. The summed E-state index contributed by atoms with van der Waals surface area (Å²) in [6.45, 7) is 0. The Labute approximate surface area is 104 Å². The molecule has 0 amide bonds. The minimum absolute atomic E-state index is 0.532. The van der Waals surface area contributed by atoms with Gasteiger partial charge >= 0.3 is 0 Å². The van der Waals surface area contributed by atoms with Crippen LogP contribution in [-0.2, 0) is 0 Å². The van der Waals surface area contributed by atoms with Crippen LogP contribution in [0.2, 0.25) is 0 Å². The summed E-state index contributed by atoms with van der Waals surface area (Å²) in [7, 11) is 0. The highest BCUT2D eigenvalue weighted by Gasteiger charge is 1.96. The molecule has 1 aromatic heterocycles. The number of rotatable bonds is 3. The summed E-state index contributed by atoms with van der Waals surface area (Å²) in [6.07, 6.45) is 7.64. The van der Waals surface area contributed by atoms with Gasteiger partial charge in [0.1, 0.15) is 0 Å².